The van der Waals surface area contributed by atoms with E-state index in [1.54, 1.807) is 0 Å². The number of amides is 1. The summed E-state index contributed by atoms with van der Waals surface area (Å²) in [5, 5.41) is 9.87. The molecule has 2 N–H and O–H groups in total. The lowest BCUT2D eigenvalue weighted by Crippen LogP contribution is -2.26. The normalized spacial score (nSPS) is 26.1. The van der Waals surface area contributed by atoms with Crippen molar-refractivity contribution in [2.75, 3.05) is 0 Å². The summed E-state index contributed by atoms with van der Waals surface area (Å²) in [5.41, 5.74) is 0. The first-order valence-electron chi connectivity index (χ1n) is 6.62. The number of nitrogens with one attached hydrogen (secondary N) is 2. The van der Waals surface area contributed by atoms with E-state index in [0.29, 0.717) is 17.2 Å². The van der Waals surface area contributed by atoms with Crippen molar-refractivity contribution in [2.45, 2.75) is 39.3 Å². The van der Waals surface area contributed by atoms with Crippen LogP contribution < -0.4 is 5.32 Å². The lowest BCUT2D eigenvalue weighted by molar-refractivity contribution is -0.122. The van der Waals surface area contributed by atoms with E-state index in [9.17, 15) is 4.79 Å². The van der Waals surface area contributed by atoms with Crippen molar-refractivity contribution < 1.29 is 4.79 Å². The fourth-order valence-electron chi connectivity index (χ4n) is 2.67. The minimum Gasteiger partial charge on any atom is -0.349 e. The Hall–Kier alpha value is -1.17. The second-order valence-corrected chi connectivity index (χ2v) is 5.64. The zero-order chi connectivity index (χ0) is 12.7. The first-order chi connectivity index (χ1) is 8.70. The summed E-state index contributed by atoms with van der Waals surface area (Å²) in [6, 6.07) is 0. The van der Waals surface area contributed by atoms with Gasteiger partial charge in [-0.3, -0.25) is 9.89 Å². The van der Waals surface area contributed by atoms with Crippen LogP contribution in [0.1, 0.15) is 32.0 Å². The average molecular weight is 266 g/mol. The van der Waals surface area contributed by atoms with Gasteiger partial charge in [-0.15, -0.1) is 0 Å². The minimum atomic E-state index is 0.184. The SMILES string of the molecule is CCn1c(CNC(=O)[C@H]2C[C@H]2C2CC2)n[nH]c1=S. The van der Waals surface area contributed by atoms with Crippen molar-refractivity contribution in [3.63, 3.8) is 0 Å². The van der Waals surface area contributed by atoms with Crippen LogP contribution in [0.2, 0.25) is 0 Å². The Labute approximate surface area is 111 Å². The Bertz CT molecular complexity index is 516. The molecule has 0 unspecified atom stereocenters. The molecule has 2 atom stereocenters. The van der Waals surface area contributed by atoms with Crippen LogP contribution in [0.25, 0.3) is 0 Å². The molecular formula is C12H18N4OS. The molecule has 98 valence electrons. The predicted molar refractivity (Wildman–Crippen MR) is 69.3 cm³/mol. The predicted octanol–water partition coefficient (Wildman–Crippen LogP) is 1.62. The number of hydrogen-bond donors (Lipinski definition) is 2. The molecule has 0 aromatic carbocycles. The summed E-state index contributed by atoms with van der Waals surface area (Å²) in [5.74, 6) is 2.75. The van der Waals surface area contributed by atoms with E-state index >= 15 is 0 Å². The number of aromatic nitrogens is 3. The highest BCUT2D eigenvalue weighted by Crippen LogP contribution is 2.54. The number of aromatic amines is 1. The molecule has 2 aliphatic carbocycles. The number of hydrogen-bond acceptors (Lipinski definition) is 3. The van der Waals surface area contributed by atoms with Gasteiger partial charge in [0, 0.05) is 12.5 Å². The number of carbonyl (C=O) groups is 1. The first-order valence-corrected chi connectivity index (χ1v) is 7.03. The van der Waals surface area contributed by atoms with Crippen molar-refractivity contribution in [1.82, 2.24) is 20.1 Å². The Morgan fingerprint density at radius 1 is 1.61 bits per heavy atom. The maximum atomic E-state index is 11.9. The first kappa shape index (κ1) is 11.9. The van der Waals surface area contributed by atoms with E-state index in [2.05, 4.69) is 15.5 Å². The lowest BCUT2D eigenvalue weighted by atomic mass is 10.2. The summed E-state index contributed by atoms with van der Waals surface area (Å²) in [6.07, 6.45) is 3.73. The van der Waals surface area contributed by atoms with E-state index in [4.69, 9.17) is 12.2 Å². The van der Waals surface area contributed by atoms with Crippen LogP contribution in [0.5, 0.6) is 0 Å². The second-order valence-electron chi connectivity index (χ2n) is 5.25. The maximum Gasteiger partial charge on any atom is 0.223 e. The third kappa shape index (κ3) is 2.21. The fraction of sp³-hybridized carbons (Fsp3) is 0.750. The molecule has 5 nitrogen and oxygen atoms in total. The molecule has 18 heavy (non-hydrogen) atoms. The largest absolute Gasteiger partial charge is 0.349 e. The van der Waals surface area contributed by atoms with Crippen LogP contribution in [0.15, 0.2) is 0 Å². The zero-order valence-corrected chi connectivity index (χ0v) is 11.3. The summed E-state index contributed by atoms with van der Waals surface area (Å²) in [7, 11) is 0. The molecule has 1 aromatic rings. The third-order valence-corrected chi connectivity index (χ3v) is 4.29. The quantitative estimate of drug-likeness (QED) is 0.796. The number of nitrogens with zero attached hydrogens (tertiary/aromatic N) is 2. The van der Waals surface area contributed by atoms with Gasteiger partial charge in [-0.2, -0.15) is 5.10 Å². The van der Waals surface area contributed by atoms with Gasteiger partial charge in [0.15, 0.2) is 10.6 Å². The van der Waals surface area contributed by atoms with Gasteiger partial charge < -0.3 is 9.88 Å². The summed E-state index contributed by atoms with van der Waals surface area (Å²) in [6.45, 7) is 3.25. The van der Waals surface area contributed by atoms with Crippen LogP contribution >= 0.6 is 12.2 Å². The third-order valence-electron chi connectivity index (χ3n) is 3.98. The molecule has 2 saturated carbocycles. The summed E-state index contributed by atoms with van der Waals surface area (Å²) >= 11 is 5.11. The second kappa shape index (κ2) is 4.50. The number of rotatable bonds is 5. The zero-order valence-electron chi connectivity index (χ0n) is 10.5. The van der Waals surface area contributed by atoms with Gasteiger partial charge in [-0.25, -0.2) is 0 Å². The Morgan fingerprint density at radius 2 is 2.39 bits per heavy atom. The molecule has 3 rings (SSSR count). The molecule has 0 bridgehead atoms. The Kier molecular flexibility index (Phi) is 2.97. The van der Waals surface area contributed by atoms with Gasteiger partial charge in [0.05, 0.1) is 6.54 Å². The maximum absolute atomic E-state index is 11.9. The number of carbonyl (C=O) groups excluding carboxylic acids is 1. The van der Waals surface area contributed by atoms with Crippen molar-refractivity contribution in [3.05, 3.63) is 10.6 Å². The van der Waals surface area contributed by atoms with Gasteiger partial charge in [0.25, 0.3) is 0 Å². The highest BCUT2D eigenvalue weighted by atomic mass is 32.1. The molecule has 0 spiro atoms. The van der Waals surface area contributed by atoms with E-state index in [1.807, 2.05) is 11.5 Å². The van der Waals surface area contributed by atoms with Crippen LogP contribution in [-0.4, -0.2) is 20.7 Å². The standard InChI is InChI=1S/C12H18N4OS/c1-2-16-10(14-15-12(16)18)6-13-11(17)9-5-8(9)7-3-4-7/h7-9H,2-6H2,1H3,(H,13,17)(H,15,18)/t8-,9-/m0/s1. The fourth-order valence-corrected chi connectivity index (χ4v) is 2.95. The van der Waals surface area contributed by atoms with Crippen LogP contribution in [-0.2, 0) is 17.9 Å². The lowest BCUT2D eigenvalue weighted by Gasteiger charge is -2.05. The molecule has 6 heteroatoms. The molecule has 1 amide bonds. The van der Waals surface area contributed by atoms with Crippen molar-refractivity contribution in [1.29, 1.82) is 0 Å². The van der Waals surface area contributed by atoms with Gasteiger partial charge in [-0.05, 0) is 50.2 Å². The van der Waals surface area contributed by atoms with E-state index in [1.165, 1.54) is 12.8 Å². The number of H-pyrrole nitrogens is 1. The monoisotopic (exact) mass is 266 g/mol. The van der Waals surface area contributed by atoms with Crippen LogP contribution in [0.4, 0.5) is 0 Å². The highest BCUT2D eigenvalue weighted by Gasteiger charge is 2.50. The molecule has 0 saturated heterocycles. The molecule has 1 aromatic heterocycles. The van der Waals surface area contributed by atoms with Crippen molar-refractivity contribution in [3.8, 4) is 0 Å². The van der Waals surface area contributed by atoms with Gasteiger partial charge >= 0.3 is 0 Å². The van der Waals surface area contributed by atoms with Crippen molar-refractivity contribution in [2.24, 2.45) is 17.8 Å². The Morgan fingerprint density at radius 3 is 3.06 bits per heavy atom. The molecule has 0 radical (unpaired) electrons. The van der Waals surface area contributed by atoms with Crippen LogP contribution in [0.3, 0.4) is 0 Å². The van der Waals surface area contributed by atoms with Crippen molar-refractivity contribution >= 4 is 18.1 Å². The molecule has 1 heterocycles. The average Bonchev–Trinajstić information content (AvgIpc) is 3.23. The summed E-state index contributed by atoms with van der Waals surface area (Å²) in [4.78, 5) is 11.9. The molecule has 0 aliphatic heterocycles. The summed E-state index contributed by atoms with van der Waals surface area (Å²) < 4.78 is 2.52. The highest BCUT2D eigenvalue weighted by molar-refractivity contribution is 7.71. The van der Waals surface area contributed by atoms with Gasteiger partial charge in [0.2, 0.25) is 5.91 Å². The van der Waals surface area contributed by atoms with Gasteiger partial charge in [0.1, 0.15) is 0 Å². The van der Waals surface area contributed by atoms with Gasteiger partial charge in [-0.1, -0.05) is 0 Å². The molecular weight excluding hydrogens is 248 g/mol. The molecule has 2 aliphatic rings. The topological polar surface area (TPSA) is 62.7 Å². The molecule has 2 fully saturated rings. The van der Waals surface area contributed by atoms with Crippen LogP contribution in [0, 0.1) is 22.5 Å². The van der Waals surface area contributed by atoms with E-state index < -0.39 is 0 Å². The van der Waals surface area contributed by atoms with E-state index in [-0.39, 0.29) is 11.8 Å². The van der Waals surface area contributed by atoms with E-state index in [0.717, 1.165) is 24.7 Å². The smallest absolute Gasteiger partial charge is 0.223 e. The minimum absolute atomic E-state index is 0.184. The Balaban J connectivity index is 1.54.